The Morgan fingerprint density at radius 1 is 0.897 bits per heavy atom. The van der Waals surface area contributed by atoms with Crippen LogP contribution in [0.25, 0.3) is 10.8 Å². The van der Waals surface area contributed by atoms with Crippen molar-refractivity contribution in [2.24, 2.45) is 5.10 Å². The van der Waals surface area contributed by atoms with Crippen LogP contribution in [0, 0.1) is 0 Å². The van der Waals surface area contributed by atoms with Gasteiger partial charge in [0.1, 0.15) is 13.0 Å². The fourth-order valence-corrected chi connectivity index (χ4v) is 3.80. The molecule has 0 saturated carbocycles. The highest BCUT2D eigenvalue weighted by atomic mass is 19.4. The van der Waals surface area contributed by atoms with E-state index in [-0.39, 0.29) is 5.69 Å². The molecule has 0 spiro atoms. The number of ether oxygens (including phenoxy) is 2. The van der Waals surface area contributed by atoms with Crippen molar-refractivity contribution in [2.75, 3.05) is 12.4 Å². The van der Waals surface area contributed by atoms with Crippen molar-refractivity contribution in [2.45, 2.75) is 19.2 Å². The predicted molar refractivity (Wildman–Crippen MR) is 142 cm³/mol. The van der Waals surface area contributed by atoms with Gasteiger partial charge >= 0.3 is 6.18 Å². The summed E-state index contributed by atoms with van der Waals surface area (Å²) < 4.78 is 49.9. The summed E-state index contributed by atoms with van der Waals surface area (Å²) in [5.74, 6) is -0.530. The number of fused-ring (bicyclic) bond motifs is 1. The maximum absolute atomic E-state index is 12.8. The van der Waals surface area contributed by atoms with Crippen molar-refractivity contribution in [1.82, 2.24) is 5.43 Å². The van der Waals surface area contributed by atoms with Crippen molar-refractivity contribution >= 4 is 34.5 Å². The van der Waals surface area contributed by atoms with Gasteiger partial charge in [-0.25, -0.2) is 5.43 Å². The molecule has 0 aromatic heterocycles. The zero-order valence-electron chi connectivity index (χ0n) is 20.8. The molecule has 0 aliphatic rings. The van der Waals surface area contributed by atoms with Gasteiger partial charge in [-0.05, 0) is 58.3 Å². The number of rotatable bonds is 9. The molecule has 0 heterocycles. The molecule has 2 amide bonds. The zero-order chi connectivity index (χ0) is 27.8. The van der Waals surface area contributed by atoms with Gasteiger partial charge in [-0.3, -0.25) is 9.59 Å². The summed E-state index contributed by atoms with van der Waals surface area (Å²) in [6.45, 7) is 0.337. The molecular weight excluding hydrogens is 511 g/mol. The van der Waals surface area contributed by atoms with Crippen LogP contribution in [0.15, 0.2) is 90.0 Å². The molecule has 0 aliphatic carbocycles. The summed E-state index contributed by atoms with van der Waals surface area (Å²) in [4.78, 5) is 24.1. The molecule has 2 N–H and O–H groups in total. The third-order valence-electron chi connectivity index (χ3n) is 5.65. The lowest BCUT2D eigenvalue weighted by Crippen LogP contribution is -2.24. The summed E-state index contributed by atoms with van der Waals surface area (Å²) >= 11 is 0. The molecule has 0 radical (unpaired) electrons. The van der Waals surface area contributed by atoms with Crippen LogP contribution in [0.4, 0.5) is 18.9 Å². The van der Waals surface area contributed by atoms with Gasteiger partial charge in [0.25, 0.3) is 0 Å². The summed E-state index contributed by atoms with van der Waals surface area (Å²) in [5.41, 5.74) is 2.86. The Kier molecular flexibility index (Phi) is 8.45. The maximum Gasteiger partial charge on any atom is 0.416 e. The fourth-order valence-electron chi connectivity index (χ4n) is 3.80. The number of carbonyl (C=O) groups is 2. The summed E-state index contributed by atoms with van der Waals surface area (Å²) in [6.07, 6.45) is -3.81. The Morgan fingerprint density at radius 3 is 2.46 bits per heavy atom. The van der Waals surface area contributed by atoms with Gasteiger partial charge < -0.3 is 14.8 Å². The number of methoxy groups -OCH3 is 1. The Labute approximate surface area is 222 Å². The van der Waals surface area contributed by atoms with E-state index in [1.807, 2.05) is 42.5 Å². The second-order valence-corrected chi connectivity index (χ2v) is 8.43. The lowest BCUT2D eigenvalue weighted by molar-refractivity contribution is -0.137. The van der Waals surface area contributed by atoms with E-state index in [1.165, 1.54) is 19.4 Å². The van der Waals surface area contributed by atoms with Crippen molar-refractivity contribution in [3.05, 3.63) is 102 Å². The highest BCUT2D eigenvalue weighted by Gasteiger charge is 2.30. The molecule has 4 rings (SSSR count). The van der Waals surface area contributed by atoms with Crippen LogP contribution in [0.5, 0.6) is 11.5 Å². The van der Waals surface area contributed by atoms with Crippen LogP contribution in [-0.2, 0) is 22.4 Å². The smallest absolute Gasteiger partial charge is 0.416 e. The van der Waals surface area contributed by atoms with Crippen LogP contribution in [0.2, 0.25) is 0 Å². The molecule has 4 aromatic carbocycles. The molecule has 0 saturated heterocycles. The summed E-state index contributed by atoms with van der Waals surface area (Å²) in [6, 6.07) is 23.3. The van der Waals surface area contributed by atoms with E-state index < -0.39 is 30.0 Å². The van der Waals surface area contributed by atoms with Crippen LogP contribution >= 0.6 is 0 Å². The first-order chi connectivity index (χ1) is 18.7. The topological polar surface area (TPSA) is 89.0 Å². The van der Waals surface area contributed by atoms with E-state index in [2.05, 4.69) is 15.8 Å². The van der Waals surface area contributed by atoms with Gasteiger partial charge in [0.2, 0.25) is 11.8 Å². The van der Waals surface area contributed by atoms with Crippen molar-refractivity contribution < 1.29 is 32.2 Å². The number of alkyl halides is 3. The summed E-state index contributed by atoms with van der Waals surface area (Å²) in [5, 5.41) is 8.31. The molecule has 7 nitrogen and oxygen atoms in total. The second kappa shape index (κ2) is 12.1. The second-order valence-electron chi connectivity index (χ2n) is 8.43. The first-order valence-corrected chi connectivity index (χ1v) is 11.8. The first kappa shape index (κ1) is 27.2. The number of anilines is 1. The zero-order valence-corrected chi connectivity index (χ0v) is 20.8. The van der Waals surface area contributed by atoms with Gasteiger partial charge in [-0.2, -0.15) is 18.3 Å². The van der Waals surface area contributed by atoms with Crippen LogP contribution in [-0.4, -0.2) is 25.1 Å². The molecule has 0 bridgehead atoms. The van der Waals surface area contributed by atoms with Gasteiger partial charge in [-0.1, -0.05) is 48.5 Å². The SMILES string of the molecule is COc1cc(C=NNC(=O)CC(=O)Nc2cccc(C(F)(F)F)c2)ccc1OCc1cccc2ccccc12. The van der Waals surface area contributed by atoms with Gasteiger partial charge in [0.15, 0.2) is 11.5 Å². The minimum Gasteiger partial charge on any atom is -0.493 e. The van der Waals surface area contributed by atoms with E-state index in [9.17, 15) is 22.8 Å². The van der Waals surface area contributed by atoms with E-state index in [0.29, 0.717) is 23.7 Å². The molecular formula is C29H24F3N3O4. The quantitative estimate of drug-likeness (QED) is 0.158. The Hall–Kier alpha value is -4.86. The van der Waals surface area contributed by atoms with E-state index >= 15 is 0 Å². The number of nitrogens with one attached hydrogen (secondary N) is 2. The minimum absolute atomic E-state index is 0.0685. The van der Waals surface area contributed by atoms with Crippen LogP contribution in [0.3, 0.4) is 0 Å². The Bertz CT molecular complexity index is 1510. The third kappa shape index (κ3) is 7.35. The van der Waals surface area contributed by atoms with Crippen molar-refractivity contribution in [1.29, 1.82) is 0 Å². The monoisotopic (exact) mass is 535 g/mol. The molecule has 4 aromatic rings. The third-order valence-corrected chi connectivity index (χ3v) is 5.65. The molecule has 0 atom stereocenters. The number of nitrogens with zero attached hydrogens (tertiary/aromatic N) is 1. The van der Waals surface area contributed by atoms with E-state index in [4.69, 9.17) is 9.47 Å². The number of halogens is 3. The fraction of sp³-hybridized carbons (Fsp3) is 0.138. The number of benzene rings is 4. The average molecular weight is 536 g/mol. The van der Waals surface area contributed by atoms with E-state index in [0.717, 1.165) is 34.5 Å². The average Bonchev–Trinajstić information content (AvgIpc) is 2.91. The molecule has 0 unspecified atom stereocenters. The lowest BCUT2D eigenvalue weighted by atomic mass is 10.1. The number of carbonyl (C=O) groups excluding carboxylic acids is 2. The maximum atomic E-state index is 12.8. The summed E-state index contributed by atoms with van der Waals surface area (Å²) in [7, 11) is 1.51. The number of hydrogen-bond donors (Lipinski definition) is 2. The largest absolute Gasteiger partial charge is 0.493 e. The standard InChI is InChI=1S/C29H24F3N3O4/c1-38-26-14-19(12-13-25(26)39-18-21-8-4-7-20-6-2-3-11-24(20)21)17-33-35-28(37)16-27(36)34-23-10-5-9-22(15-23)29(30,31)32/h2-15,17H,16,18H2,1H3,(H,34,36)(H,35,37). The molecule has 0 aliphatic heterocycles. The molecule has 39 heavy (non-hydrogen) atoms. The van der Waals surface area contributed by atoms with Crippen molar-refractivity contribution in [3.63, 3.8) is 0 Å². The van der Waals surface area contributed by atoms with E-state index in [1.54, 1.807) is 18.2 Å². The number of hydrazone groups is 1. The minimum atomic E-state index is -4.55. The highest BCUT2D eigenvalue weighted by molar-refractivity contribution is 6.03. The molecule has 0 fully saturated rings. The van der Waals surface area contributed by atoms with Gasteiger partial charge in [-0.15, -0.1) is 0 Å². The Morgan fingerprint density at radius 2 is 1.67 bits per heavy atom. The highest BCUT2D eigenvalue weighted by Crippen LogP contribution is 2.31. The van der Waals surface area contributed by atoms with Crippen molar-refractivity contribution in [3.8, 4) is 11.5 Å². The normalized spacial score (nSPS) is 11.4. The Balaban J connectivity index is 1.31. The van der Waals surface area contributed by atoms with Gasteiger partial charge in [0.05, 0.1) is 18.9 Å². The lowest BCUT2D eigenvalue weighted by Gasteiger charge is -2.12. The van der Waals surface area contributed by atoms with Crippen LogP contribution < -0.4 is 20.2 Å². The number of hydrogen-bond acceptors (Lipinski definition) is 5. The molecule has 10 heteroatoms. The predicted octanol–water partition coefficient (Wildman–Crippen LogP) is 5.93. The van der Waals surface area contributed by atoms with Crippen LogP contribution in [0.1, 0.15) is 23.1 Å². The molecule has 200 valence electrons. The first-order valence-electron chi connectivity index (χ1n) is 11.8. The van der Waals surface area contributed by atoms with Gasteiger partial charge in [0, 0.05) is 5.69 Å². The number of amides is 2.